The fourth-order valence-electron chi connectivity index (χ4n) is 3.79. The molecule has 0 unspecified atom stereocenters. The first-order valence-corrected chi connectivity index (χ1v) is 9.79. The zero-order valence-electron chi connectivity index (χ0n) is 16.7. The van der Waals surface area contributed by atoms with Crippen LogP contribution in [0.1, 0.15) is 17.0 Å². The molecule has 1 aromatic carbocycles. The van der Waals surface area contributed by atoms with Gasteiger partial charge in [-0.05, 0) is 25.5 Å². The quantitative estimate of drug-likeness (QED) is 0.690. The molecular formula is C21H25N5O3. The zero-order valence-corrected chi connectivity index (χ0v) is 16.7. The van der Waals surface area contributed by atoms with E-state index in [9.17, 15) is 9.59 Å². The number of carbonyl (C=O) groups is 2. The lowest BCUT2D eigenvalue weighted by Crippen LogP contribution is -2.50. The van der Waals surface area contributed by atoms with Crippen LogP contribution in [0.2, 0.25) is 0 Å². The van der Waals surface area contributed by atoms with Crippen molar-refractivity contribution in [2.24, 2.45) is 0 Å². The maximum atomic E-state index is 12.8. The number of hydrogen-bond donors (Lipinski definition) is 2. The van der Waals surface area contributed by atoms with Gasteiger partial charge >= 0.3 is 0 Å². The minimum atomic E-state index is -0.132. The SMILES string of the molecule is Cc1cc(NC(=O)CN2CCN(C(=O)Cc3c(C)[nH]c4ccccc34)CC2)no1. The first-order chi connectivity index (χ1) is 14.0. The average molecular weight is 395 g/mol. The van der Waals surface area contributed by atoms with E-state index in [0.717, 1.165) is 22.2 Å². The molecule has 3 aromatic rings. The average Bonchev–Trinajstić information content (AvgIpc) is 3.25. The van der Waals surface area contributed by atoms with E-state index in [1.807, 2.05) is 41.0 Å². The number of carbonyl (C=O) groups excluding carboxylic acids is 2. The van der Waals surface area contributed by atoms with E-state index in [0.29, 0.717) is 44.2 Å². The number of H-pyrrole nitrogens is 1. The number of piperazine rings is 1. The molecule has 0 bridgehead atoms. The van der Waals surface area contributed by atoms with E-state index in [2.05, 4.69) is 15.5 Å². The third-order valence-corrected chi connectivity index (χ3v) is 5.34. The molecular weight excluding hydrogens is 370 g/mol. The number of nitrogens with one attached hydrogen (secondary N) is 2. The summed E-state index contributed by atoms with van der Waals surface area (Å²) in [5.74, 6) is 1.07. The third kappa shape index (κ3) is 4.32. The van der Waals surface area contributed by atoms with Crippen molar-refractivity contribution in [2.45, 2.75) is 20.3 Å². The number of benzene rings is 1. The Labute approximate surface area is 168 Å². The van der Waals surface area contributed by atoms with Crippen molar-refractivity contribution < 1.29 is 14.1 Å². The van der Waals surface area contributed by atoms with Crippen molar-refractivity contribution in [1.82, 2.24) is 19.9 Å². The second-order valence-electron chi connectivity index (χ2n) is 7.48. The Balaban J connectivity index is 1.29. The normalized spacial score (nSPS) is 15.0. The molecule has 0 saturated carbocycles. The molecule has 8 heteroatoms. The largest absolute Gasteiger partial charge is 0.360 e. The van der Waals surface area contributed by atoms with Crippen LogP contribution in [0.4, 0.5) is 5.82 Å². The number of amides is 2. The Morgan fingerprint density at radius 3 is 2.66 bits per heavy atom. The third-order valence-electron chi connectivity index (χ3n) is 5.34. The lowest BCUT2D eigenvalue weighted by Gasteiger charge is -2.34. The first kappa shape index (κ1) is 19.2. The van der Waals surface area contributed by atoms with Gasteiger partial charge in [0.25, 0.3) is 0 Å². The van der Waals surface area contributed by atoms with Gasteiger partial charge in [0.05, 0.1) is 13.0 Å². The highest BCUT2D eigenvalue weighted by Crippen LogP contribution is 2.23. The minimum absolute atomic E-state index is 0.125. The number of aryl methyl sites for hydroxylation is 2. The monoisotopic (exact) mass is 395 g/mol. The van der Waals surface area contributed by atoms with Gasteiger partial charge in [0.1, 0.15) is 5.76 Å². The highest BCUT2D eigenvalue weighted by Gasteiger charge is 2.24. The molecule has 0 aliphatic carbocycles. The fraction of sp³-hybridized carbons (Fsp3) is 0.381. The van der Waals surface area contributed by atoms with E-state index in [4.69, 9.17) is 4.52 Å². The lowest BCUT2D eigenvalue weighted by molar-refractivity contribution is -0.132. The molecule has 8 nitrogen and oxygen atoms in total. The number of nitrogens with zero attached hydrogens (tertiary/aromatic N) is 3. The number of rotatable bonds is 5. The highest BCUT2D eigenvalue weighted by molar-refractivity contribution is 5.91. The second-order valence-corrected chi connectivity index (χ2v) is 7.48. The Kier molecular flexibility index (Phi) is 5.35. The number of para-hydroxylation sites is 1. The topological polar surface area (TPSA) is 94.5 Å². The van der Waals surface area contributed by atoms with Crippen molar-refractivity contribution in [2.75, 3.05) is 38.0 Å². The van der Waals surface area contributed by atoms with Crippen LogP contribution < -0.4 is 5.32 Å². The molecule has 29 heavy (non-hydrogen) atoms. The van der Waals surface area contributed by atoms with Crippen molar-refractivity contribution in [3.63, 3.8) is 0 Å². The molecule has 1 aliphatic rings. The summed E-state index contributed by atoms with van der Waals surface area (Å²) in [6.45, 7) is 6.64. The molecule has 0 spiro atoms. The summed E-state index contributed by atoms with van der Waals surface area (Å²) in [6.07, 6.45) is 0.391. The highest BCUT2D eigenvalue weighted by atomic mass is 16.5. The predicted octanol–water partition coefficient (Wildman–Crippen LogP) is 2.10. The molecule has 1 aliphatic heterocycles. The predicted molar refractivity (Wildman–Crippen MR) is 110 cm³/mol. The van der Waals surface area contributed by atoms with Gasteiger partial charge < -0.3 is 19.7 Å². The summed E-state index contributed by atoms with van der Waals surface area (Å²) in [7, 11) is 0. The van der Waals surface area contributed by atoms with Crippen LogP contribution in [-0.4, -0.2) is 64.5 Å². The van der Waals surface area contributed by atoms with Gasteiger partial charge in [-0.25, -0.2) is 0 Å². The molecule has 2 aromatic heterocycles. The summed E-state index contributed by atoms with van der Waals surface area (Å²) in [6, 6.07) is 9.74. The minimum Gasteiger partial charge on any atom is -0.360 e. The standard InChI is InChI=1S/C21H25N5O3/c1-14-11-19(24-29-14)23-20(27)13-25-7-9-26(10-8-25)21(28)12-17-15(2)22-18-6-4-3-5-16(17)18/h3-6,11,22H,7-10,12-13H2,1-2H3,(H,23,24,27). The maximum absolute atomic E-state index is 12.8. The number of hydrogen-bond acceptors (Lipinski definition) is 5. The zero-order chi connectivity index (χ0) is 20.4. The molecule has 0 radical (unpaired) electrons. The van der Waals surface area contributed by atoms with E-state index < -0.39 is 0 Å². The molecule has 0 atom stereocenters. The van der Waals surface area contributed by atoms with Crippen LogP contribution >= 0.6 is 0 Å². The van der Waals surface area contributed by atoms with E-state index in [1.165, 1.54) is 0 Å². The molecule has 2 N–H and O–H groups in total. The van der Waals surface area contributed by atoms with Gasteiger partial charge in [0, 0.05) is 48.8 Å². The number of aromatic nitrogens is 2. The number of aromatic amines is 1. The Morgan fingerprint density at radius 2 is 1.93 bits per heavy atom. The molecule has 1 fully saturated rings. The smallest absolute Gasteiger partial charge is 0.239 e. The van der Waals surface area contributed by atoms with Gasteiger partial charge in [-0.2, -0.15) is 0 Å². The Morgan fingerprint density at radius 1 is 1.17 bits per heavy atom. The van der Waals surface area contributed by atoms with Crippen LogP contribution in [0, 0.1) is 13.8 Å². The molecule has 152 valence electrons. The van der Waals surface area contributed by atoms with Crippen molar-refractivity contribution in [3.8, 4) is 0 Å². The summed E-state index contributed by atoms with van der Waals surface area (Å²) in [5.41, 5.74) is 3.17. The van der Waals surface area contributed by atoms with Crippen molar-refractivity contribution in [3.05, 3.63) is 47.3 Å². The molecule has 2 amide bonds. The van der Waals surface area contributed by atoms with E-state index in [-0.39, 0.29) is 18.4 Å². The first-order valence-electron chi connectivity index (χ1n) is 9.79. The van der Waals surface area contributed by atoms with Gasteiger partial charge in [0.2, 0.25) is 11.8 Å². The van der Waals surface area contributed by atoms with Gasteiger partial charge in [-0.3, -0.25) is 14.5 Å². The summed E-state index contributed by atoms with van der Waals surface area (Å²) in [4.78, 5) is 32.3. The molecule has 1 saturated heterocycles. The van der Waals surface area contributed by atoms with Gasteiger partial charge in [0.15, 0.2) is 5.82 Å². The summed E-state index contributed by atoms with van der Waals surface area (Å²) >= 11 is 0. The maximum Gasteiger partial charge on any atom is 0.239 e. The van der Waals surface area contributed by atoms with E-state index >= 15 is 0 Å². The molecule has 3 heterocycles. The summed E-state index contributed by atoms with van der Waals surface area (Å²) in [5, 5.41) is 7.60. The summed E-state index contributed by atoms with van der Waals surface area (Å²) < 4.78 is 4.95. The van der Waals surface area contributed by atoms with Crippen LogP contribution in [0.3, 0.4) is 0 Å². The van der Waals surface area contributed by atoms with Gasteiger partial charge in [-0.1, -0.05) is 23.4 Å². The van der Waals surface area contributed by atoms with Crippen LogP contribution in [-0.2, 0) is 16.0 Å². The van der Waals surface area contributed by atoms with Crippen molar-refractivity contribution >= 4 is 28.5 Å². The number of fused-ring (bicyclic) bond motifs is 1. The fourth-order valence-corrected chi connectivity index (χ4v) is 3.79. The number of anilines is 1. The Bertz CT molecular complexity index is 1030. The van der Waals surface area contributed by atoms with E-state index in [1.54, 1.807) is 13.0 Å². The van der Waals surface area contributed by atoms with Crippen LogP contribution in [0.5, 0.6) is 0 Å². The Hall–Kier alpha value is -3.13. The van der Waals surface area contributed by atoms with Crippen molar-refractivity contribution in [1.29, 1.82) is 0 Å². The second kappa shape index (κ2) is 8.08. The van der Waals surface area contributed by atoms with Gasteiger partial charge in [-0.15, -0.1) is 0 Å². The molecule has 4 rings (SSSR count). The lowest BCUT2D eigenvalue weighted by atomic mass is 10.1. The van der Waals surface area contributed by atoms with Crippen LogP contribution in [0.15, 0.2) is 34.9 Å². The van der Waals surface area contributed by atoms with Crippen LogP contribution in [0.25, 0.3) is 10.9 Å².